The van der Waals surface area contributed by atoms with Crippen LogP contribution in [0.25, 0.3) is 0 Å². The highest BCUT2D eigenvalue weighted by Crippen LogP contribution is 2.25. The van der Waals surface area contributed by atoms with E-state index in [2.05, 4.69) is 25.8 Å². The molecule has 1 rings (SSSR count). The van der Waals surface area contributed by atoms with Crippen LogP contribution < -0.4 is 0 Å². The summed E-state index contributed by atoms with van der Waals surface area (Å²) >= 11 is 1.26. The predicted molar refractivity (Wildman–Crippen MR) is 65.9 cm³/mol. The summed E-state index contributed by atoms with van der Waals surface area (Å²) in [6, 6.07) is 3.88. The summed E-state index contributed by atoms with van der Waals surface area (Å²) in [5.41, 5.74) is 1.23. The number of pyridine rings is 1. The molecule has 0 saturated carbocycles. The Morgan fingerprint density at radius 1 is 1.44 bits per heavy atom. The second-order valence-electron chi connectivity index (χ2n) is 4.73. The zero-order valence-electron chi connectivity index (χ0n) is 10.0. The highest BCUT2D eigenvalue weighted by molar-refractivity contribution is 8.00. The van der Waals surface area contributed by atoms with E-state index in [1.165, 1.54) is 11.8 Å². The van der Waals surface area contributed by atoms with Gasteiger partial charge in [-0.15, -0.1) is 0 Å². The fraction of sp³-hybridized carbons (Fsp3) is 0.500. The molecule has 3 nitrogen and oxygen atoms in total. The molecule has 0 aliphatic heterocycles. The van der Waals surface area contributed by atoms with Crippen molar-refractivity contribution in [3.05, 3.63) is 23.9 Å². The van der Waals surface area contributed by atoms with E-state index in [1.807, 2.05) is 18.3 Å². The number of carbonyl (C=O) groups is 1. The van der Waals surface area contributed by atoms with Crippen LogP contribution in [0.5, 0.6) is 0 Å². The molecular formula is C12H17NO2S. The Morgan fingerprint density at radius 2 is 2.06 bits per heavy atom. The first kappa shape index (κ1) is 13.0. The van der Waals surface area contributed by atoms with Crippen molar-refractivity contribution in [1.29, 1.82) is 0 Å². The zero-order chi connectivity index (χ0) is 12.3. The number of carboxylic acids is 1. The van der Waals surface area contributed by atoms with Gasteiger partial charge in [-0.25, -0.2) is 4.98 Å². The molecule has 0 fully saturated rings. The fourth-order valence-electron chi connectivity index (χ4n) is 1.13. The Balaban J connectivity index is 2.76. The average Bonchev–Trinajstić information content (AvgIpc) is 2.17. The number of nitrogens with zero attached hydrogens (tertiary/aromatic N) is 1. The van der Waals surface area contributed by atoms with Gasteiger partial charge in [-0.3, -0.25) is 4.79 Å². The van der Waals surface area contributed by atoms with Gasteiger partial charge in [-0.1, -0.05) is 38.6 Å². The number of hydrogen-bond acceptors (Lipinski definition) is 3. The molecular weight excluding hydrogens is 222 g/mol. The van der Waals surface area contributed by atoms with Crippen LogP contribution in [-0.4, -0.2) is 21.3 Å². The van der Waals surface area contributed by atoms with E-state index in [0.29, 0.717) is 0 Å². The third-order valence-corrected chi connectivity index (χ3v) is 3.29. The normalized spacial score (nSPS) is 13.5. The molecule has 88 valence electrons. The van der Waals surface area contributed by atoms with Crippen LogP contribution in [0, 0.1) is 0 Å². The minimum atomic E-state index is -0.813. The molecule has 0 radical (unpaired) electrons. The monoisotopic (exact) mass is 239 g/mol. The molecule has 1 aromatic rings. The average molecular weight is 239 g/mol. The molecule has 0 amide bonds. The zero-order valence-corrected chi connectivity index (χ0v) is 10.8. The van der Waals surface area contributed by atoms with E-state index in [4.69, 9.17) is 5.11 Å². The lowest BCUT2D eigenvalue weighted by atomic mass is 9.88. The van der Waals surface area contributed by atoms with E-state index < -0.39 is 11.2 Å². The minimum absolute atomic E-state index is 0.0780. The van der Waals surface area contributed by atoms with Crippen molar-refractivity contribution in [2.24, 2.45) is 0 Å². The van der Waals surface area contributed by atoms with E-state index in [-0.39, 0.29) is 5.41 Å². The van der Waals surface area contributed by atoms with Gasteiger partial charge in [0.15, 0.2) is 0 Å². The third kappa shape index (κ3) is 3.52. The smallest absolute Gasteiger partial charge is 0.316 e. The van der Waals surface area contributed by atoms with Gasteiger partial charge in [-0.2, -0.15) is 0 Å². The van der Waals surface area contributed by atoms with Gasteiger partial charge < -0.3 is 5.11 Å². The number of carboxylic acid groups (broad SMARTS) is 1. The van der Waals surface area contributed by atoms with Gasteiger partial charge in [0.2, 0.25) is 0 Å². The summed E-state index contributed by atoms with van der Waals surface area (Å²) < 4.78 is 0. The molecule has 0 saturated heterocycles. The van der Waals surface area contributed by atoms with Gasteiger partial charge in [0.25, 0.3) is 0 Å². The number of hydrogen-bond donors (Lipinski definition) is 1. The second kappa shape index (κ2) is 4.87. The Morgan fingerprint density at radius 3 is 2.44 bits per heavy atom. The van der Waals surface area contributed by atoms with Crippen molar-refractivity contribution < 1.29 is 9.90 Å². The van der Waals surface area contributed by atoms with Crippen LogP contribution in [0.2, 0.25) is 0 Å². The van der Waals surface area contributed by atoms with E-state index in [0.717, 1.165) is 10.6 Å². The quantitative estimate of drug-likeness (QED) is 0.824. The number of thioether (sulfide) groups is 1. The molecule has 0 aromatic carbocycles. The Hall–Kier alpha value is -1.03. The molecule has 0 aliphatic rings. The SMILES string of the molecule is CC(Sc1ccc(C(C)(C)C)cn1)C(=O)O. The van der Waals surface area contributed by atoms with Crippen molar-refractivity contribution in [3.63, 3.8) is 0 Å². The molecule has 1 unspecified atom stereocenters. The largest absolute Gasteiger partial charge is 0.480 e. The van der Waals surface area contributed by atoms with Crippen molar-refractivity contribution in [2.45, 2.75) is 43.4 Å². The second-order valence-corrected chi connectivity index (χ2v) is 6.09. The van der Waals surface area contributed by atoms with Crippen LogP contribution >= 0.6 is 11.8 Å². The van der Waals surface area contributed by atoms with Crippen LogP contribution in [0.3, 0.4) is 0 Å². The highest BCUT2D eigenvalue weighted by Gasteiger charge is 2.16. The maximum Gasteiger partial charge on any atom is 0.316 e. The summed E-state index contributed by atoms with van der Waals surface area (Å²) in [7, 11) is 0. The van der Waals surface area contributed by atoms with Crippen LogP contribution in [0.1, 0.15) is 33.3 Å². The molecule has 16 heavy (non-hydrogen) atoms. The lowest BCUT2D eigenvalue weighted by Gasteiger charge is -2.18. The highest BCUT2D eigenvalue weighted by atomic mass is 32.2. The predicted octanol–water partition coefficient (Wildman–Crippen LogP) is 2.94. The standard InChI is InChI=1S/C12H17NO2S/c1-8(11(14)15)16-10-6-5-9(7-13-10)12(2,3)4/h5-8H,1-4H3,(H,14,15). The minimum Gasteiger partial charge on any atom is -0.480 e. The summed E-state index contributed by atoms with van der Waals surface area (Å²) in [6.07, 6.45) is 1.82. The summed E-state index contributed by atoms with van der Waals surface area (Å²) in [6.45, 7) is 8.02. The van der Waals surface area contributed by atoms with E-state index in [9.17, 15) is 4.79 Å². The Bertz CT molecular complexity index is 368. The molecule has 0 aliphatic carbocycles. The number of aliphatic carboxylic acids is 1. The van der Waals surface area contributed by atoms with Gasteiger partial charge in [0, 0.05) is 6.20 Å². The van der Waals surface area contributed by atoms with Gasteiger partial charge in [0.1, 0.15) is 5.25 Å². The fourth-order valence-corrected chi connectivity index (χ4v) is 1.85. The first-order valence-electron chi connectivity index (χ1n) is 5.16. The molecule has 1 aromatic heterocycles. The first-order chi connectivity index (χ1) is 7.30. The van der Waals surface area contributed by atoms with Crippen molar-refractivity contribution in [3.8, 4) is 0 Å². The van der Waals surface area contributed by atoms with Gasteiger partial charge >= 0.3 is 5.97 Å². The lowest BCUT2D eigenvalue weighted by molar-refractivity contribution is -0.136. The maximum absolute atomic E-state index is 10.7. The maximum atomic E-state index is 10.7. The first-order valence-corrected chi connectivity index (χ1v) is 6.04. The van der Waals surface area contributed by atoms with Gasteiger partial charge in [-0.05, 0) is 24.0 Å². The van der Waals surface area contributed by atoms with Crippen LogP contribution in [0.15, 0.2) is 23.4 Å². The summed E-state index contributed by atoms with van der Waals surface area (Å²) in [5.74, 6) is -0.813. The lowest BCUT2D eigenvalue weighted by Crippen LogP contribution is -2.13. The number of aromatic nitrogens is 1. The van der Waals surface area contributed by atoms with Crippen molar-refractivity contribution >= 4 is 17.7 Å². The molecule has 1 heterocycles. The summed E-state index contributed by atoms with van der Waals surface area (Å²) in [4.78, 5) is 14.9. The van der Waals surface area contributed by atoms with Crippen LogP contribution in [0.4, 0.5) is 0 Å². The molecule has 1 N–H and O–H groups in total. The van der Waals surface area contributed by atoms with Crippen molar-refractivity contribution in [2.75, 3.05) is 0 Å². The van der Waals surface area contributed by atoms with Crippen molar-refractivity contribution in [1.82, 2.24) is 4.98 Å². The number of rotatable bonds is 3. The van der Waals surface area contributed by atoms with E-state index >= 15 is 0 Å². The summed E-state index contributed by atoms with van der Waals surface area (Å²) in [5, 5.41) is 9.07. The Labute approximate surface area is 100 Å². The molecule has 4 heteroatoms. The van der Waals surface area contributed by atoms with Crippen LogP contribution in [-0.2, 0) is 10.2 Å². The molecule has 0 spiro atoms. The molecule has 1 atom stereocenters. The third-order valence-electron chi connectivity index (χ3n) is 2.25. The Kier molecular flexibility index (Phi) is 3.97. The molecule has 0 bridgehead atoms. The van der Waals surface area contributed by atoms with Gasteiger partial charge in [0.05, 0.1) is 5.03 Å². The topological polar surface area (TPSA) is 50.2 Å². The van der Waals surface area contributed by atoms with E-state index in [1.54, 1.807) is 6.92 Å².